The van der Waals surface area contributed by atoms with Crippen molar-refractivity contribution in [3.8, 4) is 5.75 Å². The number of ether oxygens (including phenoxy) is 2. The number of methoxy groups -OCH3 is 2. The van der Waals surface area contributed by atoms with Gasteiger partial charge in [0.2, 0.25) is 0 Å². The molecule has 1 fully saturated rings. The van der Waals surface area contributed by atoms with E-state index in [2.05, 4.69) is 4.90 Å². The molecule has 20 heavy (non-hydrogen) atoms. The average molecular weight is 279 g/mol. The van der Waals surface area contributed by atoms with Gasteiger partial charge in [0.05, 0.1) is 13.2 Å². The highest BCUT2D eigenvalue weighted by Crippen LogP contribution is 2.22. The van der Waals surface area contributed by atoms with E-state index in [9.17, 15) is 4.79 Å². The normalized spacial score (nSPS) is 17.1. The summed E-state index contributed by atoms with van der Waals surface area (Å²) in [4.78, 5) is 13.4. The molecular weight excluding hydrogens is 258 g/mol. The number of carbonyl (C=O) groups is 1. The highest BCUT2D eigenvalue weighted by Gasteiger charge is 2.19. The van der Waals surface area contributed by atoms with Gasteiger partial charge in [-0.1, -0.05) is 6.07 Å². The van der Waals surface area contributed by atoms with Gasteiger partial charge in [0.25, 0.3) is 0 Å². The van der Waals surface area contributed by atoms with Gasteiger partial charge in [0, 0.05) is 26.7 Å². The molecule has 1 N–H and O–H groups in total. The Morgan fingerprint density at radius 1 is 1.35 bits per heavy atom. The molecule has 1 aliphatic rings. The zero-order chi connectivity index (χ0) is 14.5. The fraction of sp³-hybridized carbons (Fsp3) is 0.533. The Hall–Kier alpha value is -1.59. The van der Waals surface area contributed by atoms with E-state index in [1.807, 2.05) is 12.1 Å². The van der Waals surface area contributed by atoms with E-state index in [4.69, 9.17) is 14.6 Å². The van der Waals surface area contributed by atoms with Crippen molar-refractivity contribution < 1.29 is 19.4 Å². The number of aromatic carboxylic acids is 1. The molecule has 0 unspecified atom stereocenters. The van der Waals surface area contributed by atoms with E-state index in [0.717, 1.165) is 38.0 Å². The van der Waals surface area contributed by atoms with Gasteiger partial charge in [-0.15, -0.1) is 0 Å². The second-order valence-corrected chi connectivity index (χ2v) is 5.05. The number of benzene rings is 1. The summed E-state index contributed by atoms with van der Waals surface area (Å²) >= 11 is 0. The van der Waals surface area contributed by atoms with Crippen LogP contribution in [0.25, 0.3) is 0 Å². The van der Waals surface area contributed by atoms with Crippen molar-refractivity contribution >= 4 is 5.97 Å². The number of carboxylic acids is 1. The number of carboxylic acid groups (broad SMARTS) is 1. The van der Waals surface area contributed by atoms with Crippen LogP contribution in [-0.2, 0) is 11.3 Å². The summed E-state index contributed by atoms with van der Waals surface area (Å²) in [5.41, 5.74) is 1.28. The van der Waals surface area contributed by atoms with E-state index in [-0.39, 0.29) is 5.56 Å². The van der Waals surface area contributed by atoms with E-state index in [1.54, 1.807) is 13.2 Å². The molecule has 0 atom stereocenters. The third kappa shape index (κ3) is 3.49. The summed E-state index contributed by atoms with van der Waals surface area (Å²) < 4.78 is 10.5. The molecule has 5 heteroatoms. The number of nitrogens with zero attached hydrogens (tertiary/aromatic N) is 1. The first-order chi connectivity index (χ1) is 9.63. The van der Waals surface area contributed by atoms with Crippen LogP contribution in [0.15, 0.2) is 18.2 Å². The van der Waals surface area contributed by atoms with E-state index in [1.165, 1.54) is 7.11 Å². The molecule has 0 spiro atoms. The summed E-state index contributed by atoms with van der Waals surface area (Å²) in [6.45, 7) is 2.82. The maximum Gasteiger partial charge on any atom is 0.339 e. The fourth-order valence-electron chi connectivity index (χ4n) is 2.57. The molecule has 0 bridgehead atoms. The van der Waals surface area contributed by atoms with Crippen molar-refractivity contribution in [3.63, 3.8) is 0 Å². The van der Waals surface area contributed by atoms with Crippen LogP contribution in [0.4, 0.5) is 0 Å². The summed E-state index contributed by atoms with van der Waals surface area (Å²) in [5, 5.41) is 9.06. The average Bonchev–Trinajstić information content (AvgIpc) is 2.47. The van der Waals surface area contributed by atoms with Gasteiger partial charge in [-0.2, -0.15) is 0 Å². The maximum absolute atomic E-state index is 11.0. The summed E-state index contributed by atoms with van der Waals surface area (Å²) in [6.07, 6.45) is 2.46. The van der Waals surface area contributed by atoms with Crippen LogP contribution in [0.5, 0.6) is 5.75 Å². The smallest absolute Gasteiger partial charge is 0.339 e. The summed E-state index contributed by atoms with van der Waals surface area (Å²) in [6, 6.07) is 5.28. The maximum atomic E-state index is 11.0. The molecule has 0 saturated carbocycles. The summed E-state index contributed by atoms with van der Waals surface area (Å²) in [7, 11) is 3.26. The van der Waals surface area contributed by atoms with Gasteiger partial charge in [-0.3, -0.25) is 4.90 Å². The monoisotopic (exact) mass is 279 g/mol. The first-order valence-electron chi connectivity index (χ1n) is 6.79. The van der Waals surface area contributed by atoms with E-state index in [0.29, 0.717) is 11.9 Å². The summed E-state index contributed by atoms with van der Waals surface area (Å²) in [5.74, 6) is -0.545. The Morgan fingerprint density at radius 3 is 2.60 bits per heavy atom. The van der Waals surface area contributed by atoms with E-state index < -0.39 is 5.97 Å². The first kappa shape index (κ1) is 14.8. The standard InChI is InChI=1S/C15H21NO4/c1-19-12-5-7-16(8-6-12)10-11-3-4-13(15(17)18)14(9-11)20-2/h3-4,9,12H,5-8,10H2,1-2H3,(H,17,18). The predicted molar refractivity (Wildman–Crippen MR) is 75.3 cm³/mol. The molecule has 1 aromatic carbocycles. The van der Waals surface area contributed by atoms with Crippen LogP contribution in [0.3, 0.4) is 0 Å². The quantitative estimate of drug-likeness (QED) is 0.893. The number of piperidine rings is 1. The van der Waals surface area contributed by atoms with E-state index >= 15 is 0 Å². The Balaban J connectivity index is 2.01. The Labute approximate surface area is 119 Å². The molecule has 1 aliphatic heterocycles. The van der Waals surface area contributed by atoms with Gasteiger partial charge in [-0.05, 0) is 30.5 Å². The molecule has 0 radical (unpaired) electrons. The zero-order valence-corrected chi connectivity index (χ0v) is 12.0. The van der Waals surface area contributed by atoms with Gasteiger partial charge in [0.15, 0.2) is 0 Å². The van der Waals surface area contributed by atoms with Gasteiger partial charge in [0.1, 0.15) is 11.3 Å². The molecule has 2 rings (SSSR count). The van der Waals surface area contributed by atoms with Gasteiger partial charge in [-0.25, -0.2) is 4.79 Å². The molecule has 1 heterocycles. The van der Waals surface area contributed by atoms with Crippen molar-refractivity contribution in [2.24, 2.45) is 0 Å². The van der Waals surface area contributed by atoms with Crippen LogP contribution in [0, 0.1) is 0 Å². The third-order valence-electron chi connectivity index (χ3n) is 3.77. The number of hydrogen-bond acceptors (Lipinski definition) is 4. The lowest BCUT2D eigenvalue weighted by atomic mass is 10.1. The second-order valence-electron chi connectivity index (χ2n) is 5.05. The van der Waals surface area contributed by atoms with Crippen LogP contribution < -0.4 is 4.74 Å². The molecule has 1 aromatic rings. The zero-order valence-electron chi connectivity index (χ0n) is 12.0. The van der Waals surface area contributed by atoms with Crippen LogP contribution >= 0.6 is 0 Å². The SMILES string of the molecule is COc1cc(CN2CCC(OC)CC2)ccc1C(=O)O. The Morgan fingerprint density at radius 2 is 2.05 bits per heavy atom. The lowest BCUT2D eigenvalue weighted by Gasteiger charge is -2.31. The van der Waals surface area contributed by atoms with Crippen molar-refractivity contribution in [1.82, 2.24) is 4.90 Å². The molecule has 5 nitrogen and oxygen atoms in total. The second kappa shape index (κ2) is 6.72. The minimum Gasteiger partial charge on any atom is -0.496 e. The molecule has 0 amide bonds. The Bertz CT molecular complexity index is 467. The molecule has 0 aromatic heterocycles. The topological polar surface area (TPSA) is 59.0 Å². The highest BCUT2D eigenvalue weighted by atomic mass is 16.5. The first-order valence-corrected chi connectivity index (χ1v) is 6.79. The molecule has 1 saturated heterocycles. The minimum absolute atomic E-state index is 0.203. The van der Waals surface area contributed by atoms with Crippen molar-refractivity contribution in [3.05, 3.63) is 29.3 Å². The minimum atomic E-state index is -0.964. The number of likely N-dealkylation sites (tertiary alicyclic amines) is 1. The highest BCUT2D eigenvalue weighted by molar-refractivity contribution is 5.90. The number of rotatable bonds is 5. The lowest BCUT2D eigenvalue weighted by molar-refractivity contribution is 0.0388. The Kier molecular flexibility index (Phi) is 4.98. The molecule has 0 aliphatic carbocycles. The molecule has 110 valence electrons. The van der Waals surface area contributed by atoms with Gasteiger partial charge < -0.3 is 14.6 Å². The van der Waals surface area contributed by atoms with Crippen LogP contribution in [-0.4, -0.2) is 49.4 Å². The fourth-order valence-corrected chi connectivity index (χ4v) is 2.57. The predicted octanol–water partition coefficient (Wildman–Crippen LogP) is 2.00. The largest absolute Gasteiger partial charge is 0.496 e. The van der Waals surface area contributed by atoms with Crippen molar-refractivity contribution in [2.75, 3.05) is 27.3 Å². The molecular formula is C15H21NO4. The van der Waals surface area contributed by atoms with Crippen LogP contribution in [0.1, 0.15) is 28.8 Å². The lowest BCUT2D eigenvalue weighted by Crippen LogP contribution is -2.36. The van der Waals surface area contributed by atoms with Gasteiger partial charge >= 0.3 is 5.97 Å². The van der Waals surface area contributed by atoms with Crippen molar-refractivity contribution in [1.29, 1.82) is 0 Å². The third-order valence-corrected chi connectivity index (χ3v) is 3.77. The number of hydrogen-bond donors (Lipinski definition) is 1. The van der Waals surface area contributed by atoms with Crippen LogP contribution in [0.2, 0.25) is 0 Å². The van der Waals surface area contributed by atoms with Crippen molar-refractivity contribution in [2.45, 2.75) is 25.5 Å².